The third-order valence-electron chi connectivity index (χ3n) is 2.37. The Hall–Kier alpha value is -0.0800. The molecule has 0 saturated heterocycles. The van der Waals surface area contributed by atoms with Crippen LogP contribution in [-0.4, -0.2) is 18.8 Å². The molecule has 0 aromatic rings. The Morgan fingerprint density at radius 2 is 1.93 bits per heavy atom. The molecule has 0 aliphatic heterocycles. The molecule has 0 aromatic heterocycles. The molecule has 0 rings (SSSR count). The fourth-order valence-corrected chi connectivity index (χ4v) is 1.39. The van der Waals surface area contributed by atoms with Gasteiger partial charge in [-0.25, -0.2) is 0 Å². The van der Waals surface area contributed by atoms with E-state index in [0.29, 0.717) is 6.61 Å². The molecule has 0 heterocycles. The van der Waals surface area contributed by atoms with Crippen molar-refractivity contribution in [3.63, 3.8) is 0 Å². The van der Waals surface area contributed by atoms with E-state index in [2.05, 4.69) is 13.8 Å². The van der Waals surface area contributed by atoms with Gasteiger partial charge >= 0.3 is 0 Å². The van der Waals surface area contributed by atoms with Crippen molar-refractivity contribution in [2.24, 2.45) is 11.7 Å². The summed E-state index contributed by atoms with van der Waals surface area (Å²) >= 11 is 0. The van der Waals surface area contributed by atoms with Crippen LogP contribution in [0, 0.1) is 5.92 Å². The molecule has 1 unspecified atom stereocenters. The van der Waals surface area contributed by atoms with Crippen LogP contribution in [0.1, 0.15) is 53.4 Å². The Morgan fingerprint density at radius 3 is 2.36 bits per heavy atom. The van der Waals surface area contributed by atoms with Crippen LogP contribution >= 0.6 is 0 Å². The molecule has 0 spiro atoms. The minimum atomic E-state index is -0.191. The summed E-state index contributed by atoms with van der Waals surface area (Å²) in [6, 6.07) is 0. The first-order chi connectivity index (χ1) is 6.49. The van der Waals surface area contributed by atoms with Crippen molar-refractivity contribution < 1.29 is 4.74 Å². The molecular formula is C12H27NO. The van der Waals surface area contributed by atoms with Crippen molar-refractivity contribution in [2.75, 3.05) is 13.2 Å². The van der Waals surface area contributed by atoms with Gasteiger partial charge in [-0.15, -0.1) is 0 Å². The molecule has 2 N–H and O–H groups in total. The summed E-state index contributed by atoms with van der Waals surface area (Å²) < 4.78 is 5.62. The third-order valence-corrected chi connectivity index (χ3v) is 2.37. The van der Waals surface area contributed by atoms with Crippen molar-refractivity contribution >= 4 is 0 Å². The van der Waals surface area contributed by atoms with Crippen LogP contribution in [0.4, 0.5) is 0 Å². The van der Waals surface area contributed by atoms with Crippen LogP contribution < -0.4 is 5.73 Å². The molecule has 0 aromatic carbocycles. The van der Waals surface area contributed by atoms with E-state index < -0.39 is 0 Å². The van der Waals surface area contributed by atoms with Crippen LogP contribution in [0.15, 0.2) is 0 Å². The number of ether oxygens (including phenoxy) is 1. The van der Waals surface area contributed by atoms with Crippen LogP contribution in [0.3, 0.4) is 0 Å². The first kappa shape index (κ1) is 13.9. The largest absolute Gasteiger partial charge is 0.379 e. The average molecular weight is 201 g/mol. The molecule has 0 aliphatic carbocycles. The van der Waals surface area contributed by atoms with Gasteiger partial charge in [-0.3, -0.25) is 0 Å². The summed E-state index contributed by atoms with van der Waals surface area (Å²) in [5.41, 5.74) is 5.65. The van der Waals surface area contributed by atoms with Gasteiger partial charge in [0.2, 0.25) is 0 Å². The van der Waals surface area contributed by atoms with Gasteiger partial charge in [0.15, 0.2) is 0 Å². The van der Waals surface area contributed by atoms with E-state index in [1.165, 1.54) is 25.7 Å². The van der Waals surface area contributed by atoms with E-state index in [9.17, 15) is 0 Å². The van der Waals surface area contributed by atoms with E-state index >= 15 is 0 Å². The molecule has 0 fully saturated rings. The molecule has 1 atom stereocenters. The second-order valence-corrected chi connectivity index (χ2v) is 4.92. The second kappa shape index (κ2) is 7.24. The standard InChI is InChI=1S/C12H27NO/c1-5-7-8-11(6-2)9-14-10-12(3,4)13/h11H,5-10,13H2,1-4H3. The summed E-state index contributed by atoms with van der Waals surface area (Å²) in [4.78, 5) is 0. The second-order valence-electron chi connectivity index (χ2n) is 4.92. The topological polar surface area (TPSA) is 35.2 Å². The molecule has 0 saturated carbocycles. The smallest absolute Gasteiger partial charge is 0.0640 e. The Labute approximate surface area is 89.2 Å². The highest BCUT2D eigenvalue weighted by atomic mass is 16.5. The Kier molecular flexibility index (Phi) is 7.20. The van der Waals surface area contributed by atoms with Crippen molar-refractivity contribution in [2.45, 2.75) is 58.9 Å². The molecule has 0 aliphatic rings. The Bertz CT molecular complexity index is 129. The predicted octanol–water partition coefficient (Wildman–Crippen LogP) is 2.96. The van der Waals surface area contributed by atoms with Gasteiger partial charge in [-0.05, 0) is 26.2 Å². The highest BCUT2D eigenvalue weighted by molar-refractivity contribution is 4.70. The predicted molar refractivity (Wildman–Crippen MR) is 62.4 cm³/mol. The number of unbranched alkanes of at least 4 members (excludes halogenated alkanes) is 1. The zero-order valence-electron chi connectivity index (χ0n) is 10.3. The van der Waals surface area contributed by atoms with Gasteiger partial charge < -0.3 is 10.5 Å². The molecule has 0 radical (unpaired) electrons. The van der Waals surface area contributed by atoms with E-state index in [1.54, 1.807) is 0 Å². The van der Waals surface area contributed by atoms with Gasteiger partial charge in [-0.2, -0.15) is 0 Å². The molecule has 0 bridgehead atoms. The summed E-state index contributed by atoms with van der Waals surface area (Å²) in [5, 5.41) is 0. The summed E-state index contributed by atoms with van der Waals surface area (Å²) in [6.45, 7) is 10.0. The molecule has 86 valence electrons. The van der Waals surface area contributed by atoms with Gasteiger partial charge in [0, 0.05) is 12.1 Å². The maximum absolute atomic E-state index is 5.84. The molecular weight excluding hydrogens is 174 g/mol. The fourth-order valence-electron chi connectivity index (χ4n) is 1.39. The van der Waals surface area contributed by atoms with Gasteiger partial charge in [0.1, 0.15) is 0 Å². The number of hydrogen-bond acceptors (Lipinski definition) is 2. The Balaban J connectivity index is 3.52. The van der Waals surface area contributed by atoms with E-state index in [0.717, 1.165) is 12.5 Å². The highest BCUT2D eigenvalue weighted by Crippen LogP contribution is 2.13. The molecule has 2 nitrogen and oxygen atoms in total. The first-order valence-electron chi connectivity index (χ1n) is 5.86. The lowest BCUT2D eigenvalue weighted by molar-refractivity contribution is 0.0654. The lowest BCUT2D eigenvalue weighted by atomic mass is 10.0. The van der Waals surface area contributed by atoms with Gasteiger partial charge in [0.05, 0.1) is 6.61 Å². The number of nitrogens with two attached hydrogens (primary N) is 1. The third kappa shape index (κ3) is 8.52. The first-order valence-corrected chi connectivity index (χ1v) is 5.86. The Morgan fingerprint density at radius 1 is 1.29 bits per heavy atom. The maximum atomic E-state index is 5.84. The van der Waals surface area contributed by atoms with Crippen molar-refractivity contribution in [3.05, 3.63) is 0 Å². The summed E-state index contributed by atoms with van der Waals surface area (Å²) in [5.74, 6) is 0.720. The average Bonchev–Trinajstić information content (AvgIpc) is 2.09. The number of rotatable bonds is 8. The van der Waals surface area contributed by atoms with Crippen molar-refractivity contribution in [1.29, 1.82) is 0 Å². The molecule has 0 amide bonds. The lowest BCUT2D eigenvalue weighted by Crippen LogP contribution is -2.38. The fraction of sp³-hybridized carbons (Fsp3) is 1.00. The molecule has 14 heavy (non-hydrogen) atoms. The normalized spacial score (nSPS) is 14.4. The minimum absolute atomic E-state index is 0.191. The zero-order chi connectivity index (χ0) is 11.0. The van der Waals surface area contributed by atoms with E-state index in [4.69, 9.17) is 10.5 Å². The van der Waals surface area contributed by atoms with E-state index in [-0.39, 0.29) is 5.54 Å². The van der Waals surface area contributed by atoms with Crippen molar-refractivity contribution in [3.8, 4) is 0 Å². The van der Waals surface area contributed by atoms with E-state index in [1.807, 2.05) is 13.8 Å². The van der Waals surface area contributed by atoms with Gasteiger partial charge in [-0.1, -0.05) is 33.1 Å². The number of hydrogen-bond donors (Lipinski definition) is 1. The van der Waals surface area contributed by atoms with Crippen LogP contribution in [0.25, 0.3) is 0 Å². The summed E-state index contributed by atoms with van der Waals surface area (Å²) in [6.07, 6.45) is 5.09. The minimum Gasteiger partial charge on any atom is -0.379 e. The van der Waals surface area contributed by atoms with Crippen LogP contribution in [0.2, 0.25) is 0 Å². The van der Waals surface area contributed by atoms with Crippen molar-refractivity contribution in [1.82, 2.24) is 0 Å². The zero-order valence-corrected chi connectivity index (χ0v) is 10.3. The van der Waals surface area contributed by atoms with Gasteiger partial charge in [0.25, 0.3) is 0 Å². The SMILES string of the molecule is CCCCC(CC)COCC(C)(C)N. The summed E-state index contributed by atoms with van der Waals surface area (Å²) in [7, 11) is 0. The van der Waals surface area contributed by atoms with Crippen LogP contribution in [-0.2, 0) is 4.74 Å². The monoisotopic (exact) mass is 201 g/mol. The molecule has 2 heteroatoms. The van der Waals surface area contributed by atoms with Crippen LogP contribution in [0.5, 0.6) is 0 Å². The highest BCUT2D eigenvalue weighted by Gasteiger charge is 2.12. The quantitative estimate of drug-likeness (QED) is 0.655. The lowest BCUT2D eigenvalue weighted by Gasteiger charge is -2.21. The maximum Gasteiger partial charge on any atom is 0.0640 e.